The highest BCUT2D eigenvalue weighted by Crippen LogP contribution is 2.38. The maximum Gasteiger partial charge on any atom is 0.0658 e. The van der Waals surface area contributed by atoms with Crippen LogP contribution in [0, 0.1) is 5.92 Å². The predicted octanol–water partition coefficient (Wildman–Crippen LogP) is 3.52. The van der Waals surface area contributed by atoms with Crippen molar-refractivity contribution in [1.29, 1.82) is 0 Å². The first kappa shape index (κ1) is 10.6. The quantitative estimate of drug-likeness (QED) is 0.768. The Bertz CT molecular complexity index is 351. The van der Waals surface area contributed by atoms with E-state index in [4.69, 9.17) is 17.3 Å². The van der Waals surface area contributed by atoms with Gasteiger partial charge in [-0.05, 0) is 37.0 Å². The molecule has 1 aliphatic rings. The average Bonchev–Trinajstić information content (AvgIpc) is 2.90. The van der Waals surface area contributed by atoms with Gasteiger partial charge in [0.1, 0.15) is 0 Å². The zero-order valence-corrected chi connectivity index (χ0v) is 9.72. The molecule has 2 unspecified atom stereocenters. The summed E-state index contributed by atoms with van der Waals surface area (Å²) in [5.74, 6) is 0.837. The summed E-state index contributed by atoms with van der Waals surface area (Å²) in [4.78, 5) is 0. The molecule has 1 fully saturated rings. The molecule has 0 spiro atoms. The minimum atomic E-state index is 0.617. The Balaban J connectivity index is 1.95. The SMILES string of the molecule is CCCC1CC1Nc1ccc(N)cc1Cl. The third-order valence-electron chi connectivity index (χ3n) is 2.92. The van der Waals surface area contributed by atoms with Crippen LogP contribution in [0.15, 0.2) is 18.2 Å². The van der Waals surface area contributed by atoms with Crippen LogP contribution in [0.5, 0.6) is 0 Å². The van der Waals surface area contributed by atoms with Crippen LogP contribution in [0.25, 0.3) is 0 Å². The number of nitrogens with two attached hydrogens (primary N) is 1. The van der Waals surface area contributed by atoms with Crippen molar-refractivity contribution in [3.63, 3.8) is 0 Å². The van der Waals surface area contributed by atoms with Crippen LogP contribution >= 0.6 is 11.6 Å². The topological polar surface area (TPSA) is 38.0 Å². The van der Waals surface area contributed by atoms with Crippen LogP contribution in [-0.2, 0) is 0 Å². The van der Waals surface area contributed by atoms with E-state index in [2.05, 4.69) is 12.2 Å². The van der Waals surface area contributed by atoms with Crippen molar-refractivity contribution in [2.24, 2.45) is 5.92 Å². The Morgan fingerprint density at radius 3 is 3.00 bits per heavy atom. The zero-order chi connectivity index (χ0) is 10.8. The molecule has 0 amide bonds. The van der Waals surface area contributed by atoms with E-state index >= 15 is 0 Å². The summed E-state index contributed by atoms with van der Waals surface area (Å²) in [5, 5.41) is 4.18. The summed E-state index contributed by atoms with van der Waals surface area (Å²) in [6.07, 6.45) is 3.84. The summed E-state index contributed by atoms with van der Waals surface area (Å²) < 4.78 is 0. The number of hydrogen-bond donors (Lipinski definition) is 2. The van der Waals surface area contributed by atoms with Gasteiger partial charge in [0.25, 0.3) is 0 Å². The van der Waals surface area contributed by atoms with Gasteiger partial charge in [-0.1, -0.05) is 24.9 Å². The Hall–Kier alpha value is -0.890. The van der Waals surface area contributed by atoms with Gasteiger partial charge in [-0.25, -0.2) is 0 Å². The fraction of sp³-hybridized carbons (Fsp3) is 0.500. The summed E-state index contributed by atoms with van der Waals surface area (Å²) in [7, 11) is 0. The molecule has 2 atom stereocenters. The van der Waals surface area contributed by atoms with E-state index in [-0.39, 0.29) is 0 Å². The summed E-state index contributed by atoms with van der Waals surface area (Å²) >= 11 is 6.08. The van der Waals surface area contributed by atoms with Crippen molar-refractivity contribution in [3.8, 4) is 0 Å². The molecule has 0 bridgehead atoms. The Kier molecular flexibility index (Phi) is 3.06. The third kappa shape index (κ3) is 2.57. The maximum absolute atomic E-state index is 6.08. The van der Waals surface area contributed by atoms with E-state index < -0.39 is 0 Å². The zero-order valence-electron chi connectivity index (χ0n) is 8.96. The number of rotatable bonds is 4. The first-order valence-electron chi connectivity index (χ1n) is 5.52. The smallest absolute Gasteiger partial charge is 0.0658 e. The molecule has 2 rings (SSSR count). The molecule has 1 saturated carbocycles. The molecular weight excluding hydrogens is 208 g/mol. The molecule has 3 N–H and O–H groups in total. The minimum absolute atomic E-state index is 0.617. The lowest BCUT2D eigenvalue weighted by Crippen LogP contribution is -2.05. The van der Waals surface area contributed by atoms with E-state index in [1.807, 2.05) is 12.1 Å². The predicted molar refractivity (Wildman–Crippen MR) is 66.3 cm³/mol. The normalized spacial score (nSPS) is 23.9. The van der Waals surface area contributed by atoms with Crippen LogP contribution < -0.4 is 11.1 Å². The summed E-state index contributed by atoms with van der Waals surface area (Å²) in [6.45, 7) is 2.23. The molecule has 1 aliphatic carbocycles. The van der Waals surface area contributed by atoms with Crippen molar-refractivity contribution in [2.75, 3.05) is 11.1 Å². The van der Waals surface area contributed by atoms with Crippen LogP contribution in [-0.4, -0.2) is 6.04 Å². The highest BCUT2D eigenvalue weighted by Gasteiger charge is 2.36. The Morgan fingerprint density at radius 1 is 1.53 bits per heavy atom. The first-order chi connectivity index (χ1) is 7.20. The van der Waals surface area contributed by atoms with Crippen LogP contribution in [0.1, 0.15) is 26.2 Å². The van der Waals surface area contributed by atoms with Gasteiger partial charge in [0.05, 0.1) is 10.7 Å². The molecule has 15 heavy (non-hydrogen) atoms. The fourth-order valence-electron chi connectivity index (χ4n) is 1.96. The van der Waals surface area contributed by atoms with E-state index in [9.17, 15) is 0 Å². The van der Waals surface area contributed by atoms with Crippen molar-refractivity contribution >= 4 is 23.0 Å². The highest BCUT2D eigenvalue weighted by molar-refractivity contribution is 6.33. The van der Waals surface area contributed by atoms with Gasteiger partial charge in [-0.15, -0.1) is 0 Å². The van der Waals surface area contributed by atoms with Crippen LogP contribution in [0.2, 0.25) is 5.02 Å². The van der Waals surface area contributed by atoms with Gasteiger partial charge < -0.3 is 11.1 Å². The lowest BCUT2D eigenvalue weighted by molar-refractivity contribution is 0.693. The molecule has 0 saturated heterocycles. The monoisotopic (exact) mass is 224 g/mol. The maximum atomic E-state index is 6.08. The molecule has 3 heteroatoms. The van der Waals surface area contributed by atoms with E-state index in [0.717, 1.165) is 16.6 Å². The first-order valence-corrected chi connectivity index (χ1v) is 5.90. The fourth-order valence-corrected chi connectivity index (χ4v) is 2.21. The number of halogens is 1. The van der Waals surface area contributed by atoms with Crippen LogP contribution in [0.3, 0.4) is 0 Å². The number of nitrogens with one attached hydrogen (secondary N) is 1. The molecule has 0 heterocycles. The second-order valence-electron chi connectivity index (χ2n) is 4.27. The van der Waals surface area contributed by atoms with Gasteiger partial charge in [-0.2, -0.15) is 0 Å². The van der Waals surface area contributed by atoms with Gasteiger partial charge in [-0.3, -0.25) is 0 Å². The highest BCUT2D eigenvalue weighted by atomic mass is 35.5. The van der Waals surface area contributed by atoms with Gasteiger partial charge in [0.2, 0.25) is 0 Å². The van der Waals surface area contributed by atoms with E-state index in [1.165, 1.54) is 19.3 Å². The second kappa shape index (κ2) is 4.31. The molecule has 1 aromatic rings. The van der Waals surface area contributed by atoms with Crippen LogP contribution in [0.4, 0.5) is 11.4 Å². The number of benzene rings is 1. The van der Waals surface area contributed by atoms with Crippen molar-refractivity contribution in [2.45, 2.75) is 32.2 Å². The Morgan fingerprint density at radius 2 is 2.33 bits per heavy atom. The molecule has 0 aliphatic heterocycles. The summed E-state index contributed by atoms with van der Waals surface area (Å²) in [5.41, 5.74) is 7.36. The number of nitrogen functional groups attached to an aromatic ring is 1. The summed E-state index contributed by atoms with van der Waals surface area (Å²) in [6, 6.07) is 6.25. The third-order valence-corrected chi connectivity index (χ3v) is 3.23. The lowest BCUT2D eigenvalue weighted by Gasteiger charge is -2.08. The van der Waals surface area contributed by atoms with Crippen molar-refractivity contribution in [3.05, 3.63) is 23.2 Å². The van der Waals surface area contributed by atoms with E-state index in [1.54, 1.807) is 6.07 Å². The average molecular weight is 225 g/mol. The molecule has 0 radical (unpaired) electrons. The molecule has 0 aromatic heterocycles. The van der Waals surface area contributed by atoms with Gasteiger partial charge in [0, 0.05) is 11.7 Å². The van der Waals surface area contributed by atoms with Gasteiger partial charge in [0.15, 0.2) is 0 Å². The number of anilines is 2. The molecular formula is C12H17ClN2. The molecule has 2 nitrogen and oxygen atoms in total. The standard InChI is InChI=1S/C12H17ClN2/c1-2-3-8-6-12(8)15-11-5-4-9(14)7-10(11)13/h4-5,7-8,12,15H,2-3,6,14H2,1H3. The number of hydrogen-bond acceptors (Lipinski definition) is 2. The minimum Gasteiger partial charge on any atom is -0.399 e. The molecule has 82 valence electrons. The van der Waals surface area contributed by atoms with Gasteiger partial charge >= 0.3 is 0 Å². The lowest BCUT2D eigenvalue weighted by atomic mass is 10.2. The second-order valence-corrected chi connectivity index (χ2v) is 4.68. The largest absolute Gasteiger partial charge is 0.399 e. The van der Waals surface area contributed by atoms with E-state index in [0.29, 0.717) is 11.7 Å². The van der Waals surface area contributed by atoms with Crippen molar-refractivity contribution < 1.29 is 0 Å². The van der Waals surface area contributed by atoms with Crippen molar-refractivity contribution in [1.82, 2.24) is 0 Å². The molecule has 1 aromatic carbocycles. The Labute approximate surface area is 95.8 Å².